The van der Waals surface area contributed by atoms with Gasteiger partial charge in [-0.05, 0) is 67.1 Å². The second-order valence-electron chi connectivity index (χ2n) is 12.3. The highest BCUT2D eigenvalue weighted by Gasteiger charge is 2.41. The zero-order valence-corrected chi connectivity index (χ0v) is 30.1. The van der Waals surface area contributed by atoms with Crippen LogP contribution in [-0.2, 0) is 21.4 Å². The molecule has 3 aliphatic rings. The molecule has 256 valence electrons. The van der Waals surface area contributed by atoms with Crippen molar-refractivity contribution < 1.29 is 18.8 Å². The lowest BCUT2D eigenvalue weighted by atomic mass is 9.93. The summed E-state index contributed by atoms with van der Waals surface area (Å²) in [4.78, 5) is 38.3. The molecular formula is C37H44ClFN4O3S2. The Morgan fingerprint density at radius 3 is 2.19 bits per heavy atom. The van der Waals surface area contributed by atoms with Gasteiger partial charge in [0.05, 0.1) is 11.7 Å². The number of benzene rings is 2. The van der Waals surface area contributed by atoms with Gasteiger partial charge in [0.2, 0.25) is 0 Å². The maximum Gasteiger partial charge on any atom is 0.186 e. The Balaban J connectivity index is 0.000000246. The van der Waals surface area contributed by atoms with Gasteiger partial charge in [-0.3, -0.25) is 24.0 Å². The van der Waals surface area contributed by atoms with E-state index >= 15 is 0 Å². The van der Waals surface area contributed by atoms with Crippen molar-refractivity contribution in [3.05, 3.63) is 101 Å². The molecule has 1 aliphatic carbocycles. The molecule has 2 aliphatic heterocycles. The zero-order valence-electron chi connectivity index (χ0n) is 27.6. The molecule has 0 spiro atoms. The lowest BCUT2D eigenvalue weighted by Crippen LogP contribution is -2.43. The molecule has 48 heavy (non-hydrogen) atoms. The number of likely N-dealkylation sites (tertiary alicyclic amines) is 1. The van der Waals surface area contributed by atoms with E-state index in [1.165, 1.54) is 40.7 Å². The first-order valence-corrected chi connectivity index (χ1v) is 18.0. The number of nitrogens with zero attached hydrogens (tertiary/aromatic N) is 3. The fourth-order valence-corrected chi connectivity index (χ4v) is 7.98. The third-order valence-electron chi connectivity index (χ3n) is 8.58. The fourth-order valence-electron chi connectivity index (χ4n) is 6.12. The normalized spacial score (nSPS) is 21.9. The first-order valence-electron chi connectivity index (χ1n) is 16.2. The predicted octanol–water partition coefficient (Wildman–Crippen LogP) is 7.15. The molecule has 1 N–H and O–H groups in total. The number of thioether (sulfide) groups is 2. The highest BCUT2D eigenvalue weighted by Crippen LogP contribution is 2.40. The standard InChI is InChI=1S/C23H26FN3O2S.C14H17NOS.ClH/c1-15(28)30-21-10-12-27(14-17(21)13-18-9-11-25-26(18)2)22(23(29)16-7-8-16)19-5-3-4-6-20(19)24;1-11(16)17-14-7-8-15-10-13(14)9-12-5-3-2-4-6-12;/h3-6,9,11,13,16,21-22H,7-8,10,12,14H2,1-2H3;2-6,9,14-15H,7-8,10H2,1H3;1H/b17-13+;13-9+;. The first-order chi connectivity index (χ1) is 22.7. The van der Waals surface area contributed by atoms with E-state index in [-0.39, 0.29) is 45.4 Å². The van der Waals surface area contributed by atoms with Crippen molar-refractivity contribution in [2.45, 2.75) is 56.1 Å². The van der Waals surface area contributed by atoms with E-state index in [9.17, 15) is 18.8 Å². The maximum atomic E-state index is 14.7. The zero-order chi connectivity index (χ0) is 33.3. The molecule has 2 aromatic carbocycles. The van der Waals surface area contributed by atoms with Crippen LogP contribution in [0.5, 0.6) is 0 Å². The van der Waals surface area contributed by atoms with Crippen molar-refractivity contribution in [1.29, 1.82) is 0 Å². The van der Waals surface area contributed by atoms with E-state index in [0.29, 0.717) is 23.9 Å². The highest BCUT2D eigenvalue weighted by molar-refractivity contribution is 8.14. The number of aryl methyl sites for hydroxylation is 1. The van der Waals surface area contributed by atoms with Crippen molar-refractivity contribution in [3.63, 3.8) is 0 Å². The van der Waals surface area contributed by atoms with Crippen LogP contribution in [0.2, 0.25) is 0 Å². The molecule has 3 fully saturated rings. The van der Waals surface area contributed by atoms with Gasteiger partial charge < -0.3 is 5.32 Å². The summed E-state index contributed by atoms with van der Waals surface area (Å²) in [7, 11) is 1.87. The van der Waals surface area contributed by atoms with Crippen LogP contribution in [0.15, 0.2) is 78.0 Å². The van der Waals surface area contributed by atoms with Crippen LogP contribution in [0.25, 0.3) is 12.2 Å². The highest BCUT2D eigenvalue weighted by atomic mass is 35.5. The van der Waals surface area contributed by atoms with Gasteiger partial charge in [0.15, 0.2) is 16.0 Å². The Morgan fingerprint density at radius 2 is 1.56 bits per heavy atom. The largest absolute Gasteiger partial charge is 0.313 e. The van der Waals surface area contributed by atoms with Gasteiger partial charge in [-0.25, -0.2) is 4.39 Å². The number of carbonyl (C=O) groups is 3. The Hall–Kier alpha value is -3.02. The molecule has 2 saturated heterocycles. The van der Waals surface area contributed by atoms with Crippen molar-refractivity contribution in [1.82, 2.24) is 20.0 Å². The number of Topliss-reactive ketones (excluding diaryl/α,β-unsaturated/α-hetero) is 1. The van der Waals surface area contributed by atoms with Gasteiger partial charge in [-0.1, -0.05) is 78.1 Å². The second kappa shape index (κ2) is 18.1. The fraction of sp³-hybridized carbons (Fsp3) is 0.405. The maximum absolute atomic E-state index is 14.7. The molecular weight excluding hydrogens is 667 g/mol. The van der Waals surface area contributed by atoms with E-state index in [1.807, 2.05) is 31.3 Å². The van der Waals surface area contributed by atoms with Crippen LogP contribution in [0.4, 0.5) is 4.39 Å². The molecule has 11 heteroatoms. The molecule has 0 radical (unpaired) electrons. The molecule has 3 atom stereocenters. The van der Waals surface area contributed by atoms with Gasteiger partial charge in [0, 0.05) is 68.7 Å². The number of nitrogens with one attached hydrogen (secondary N) is 1. The van der Waals surface area contributed by atoms with Crippen LogP contribution >= 0.6 is 35.9 Å². The number of aromatic nitrogens is 2. The quantitative estimate of drug-likeness (QED) is 0.264. The lowest BCUT2D eigenvalue weighted by Gasteiger charge is -2.38. The first kappa shape index (κ1) is 37.8. The third kappa shape index (κ3) is 10.5. The Labute approximate surface area is 297 Å². The number of piperidine rings is 2. The summed E-state index contributed by atoms with van der Waals surface area (Å²) < 4.78 is 16.5. The van der Waals surface area contributed by atoms with E-state index < -0.39 is 6.04 Å². The van der Waals surface area contributed by atoms with Gasteiger partial charge >= 0.3 is 0 Å². The number of ketones is 1. The average Bonchev–Trinajstić information content (AvgIpc) is 3.83. The number of hydrogen-bond acceptors (Lipinski definition) is 8. The minimum absolute atomic E-state index is 0. The van der Waals surface area contributed by atoms with E-state index in [4.69, 9.17) is 0 Å². The topological polar surface area (TPSA) is 84.3 Å². The molecule has 3 unspecified atom stereocenters. The van der Waals surface area contributed by atoms with Crippen LogP contribution in [0.3, 0.4) is 0 Å². The summed E-state index contributed by atoms with van der Waals surface area (Å²) >= 11 is 2.78. The number of halogens is 2. The Morgan fingerprint density at radius 1 is 0.896 bits per heavy atom. The molecule has 3 heterocycles. The van der Waals surface area contributed by atoms with Gasteiger partial charge in [0.25, 0.3) is 0 Å². The molecule has 1 saturated carbocycles. The number of hydrogen-bond donors (Lipinski definition) is 1. The summed E-state index contributed by atoms with van der Waals surface area (Å²) in [5, 5.41) is 8.25. The van der Waals surface area contributed by atoms with Crippen LogP contribution in [0.1, 0.15) is 62.4 Å². The van der Waals surface area contributed by atoms with Crippen LogP contribution < -0.4 is 5.32 Å². The monoisotopic (exact) mass is 710 g/mol. The third-order valence-corrected chi connectivity index (χ3v) is 10.9. The summed E-state index contributed by atoms with van der Waals surface area (Å²) in [6.07, 6.45) is 9.53. The SMILES string of the molecule is CC(=O)SC1CCN(C(C(=O)C2CC2)c2ccccc2F)C/C1=C\c1ccnn1C.CC(=O)SC1CCNC/C1=C\c1ccccc1.Cl. The summed E-state index contributed by atoms with van der Waals surface area (Å²) in [5.41, 5.74) is 4.99. The Bertz CT molecular complexity index is 1630. The Kier molecular flexibility index (Phi) is 14.3. The summed E-state index contributed by atoms with van der Waals surface area (Å²) in [5.74, 6) is -0.199. The van der Waals surface area contributed by atoms with Crippen molar-refractivity contribution in [2.24, 2.45) is 13.0 Å². The van der Waals surface area contributed by atoms with E-state index in [1.54, 1.807) is 42.9 Å². The predicted molar refractivity (Wildman–Crippen MR) is 198 cm³/mol. The molecule has 1 aromatic heterocycles. The van der Waals surface area contributed by atoms with E-state index in [0.717, 1.165) is 50.0 Å². The minimum Gasteiger partial charge on any atom is -0.313 e. The van der Waals surface area contributed by atoms with Crippen molar-refractivity contribution in [2.75, 3.05) is 26.2 Å². The van der Waals surface area contributed by atoms with Gasteiger partial charge in [-0.15, -0.1) is 12.4 Å². The number of carbonyl (C=O) groups excluding carboxylic acids is 3. The molecule has 6 rings (SSSR count). The molecule has 3 aromatic rings. The number of rotatable bonds is 8. The lowest BCUT2D eigenvalue weighted by molar-refractivity contribution is -0.126. The van der Waals surface area contributed by atoms with Crippen LogP contribution in [0, 0.1) is 11.7 Å². The van der Waals surface area contributed by atoms with Gasteiger partial charge in [0.1, 0.15) is 5.82 Å². The second-order valence-corrected chi connectivity index (χ2v) is 15.0. The minimum atomic E-state index is -0.586. The van der Waals surface area contributed by atoms with Crippen molar-refractivity contribution >= 4 is 64.1 Å². The molecule has 7 nitrogen and oxygen atoms in total. The van der Waals surface area contributed by atoms with Gasteiger partial charge in [-0.2, -0.15) is 5.10 Å². The average molecular weight is 711 g/mol. The van der Waals surface area contributed by atoms with Crippen LogP contribution in [-0.4, -0.2) is 67.4 Å². The smallest absolute Gasteiger partial charge is 0.186 e. The van der Waals surface area contributed by atoms with E-state index in [2.05, 4.69) is 39.6 Å². The summed E-state index contributed by atoms with van der Waals surface area (Å²) in [6, 6.07) is 18.2. The molecule has 0 amide bonds. The van der Waals surface area contributed by atoms with Crippen molar-refractivity contribution in [3.8, 4) is 0 Å². The molecule has 0 bridgehead atoms. The summed E-state index contributed by atoms with van der Waals surface area (Å²) in [6.45, 7) is 6.28.